The van der Waals surface area contributed by atoms with Crippen LogP contribution in [0.2, 0.25) is 0 Å². The molecular formula is C19H17N5O. The summed E-state index contributed by atoms with van der Waals surface area (Å²) in [5.74, 6) is 1.15. The van der Waals surface area contributed by atoms with Gasteiger partial charge in [0.15, 0.2) is 5.82 Å². The lowest BCUT2D eigenvalue weighted by Crippen LogP contribution is -2.07. The molecule has 1 aliphatic rings. The maximum atomic E-state index is 10.1. The molecule has 0 saturated carbocycles. The molecule has 0 radical (unpaired) electrons. The van der Waals surface area contributed by atoms with Gasteiger partial charge in [0.2, 0.25) is 11.8 Å². The fourth-order valence-electron chi connectivity index (χ4n) is 2.77. The van der Waals surface area contributed by atoms with E-state index in [1.54, 1.807) is 12.4 Å². The van der Waals surface area contributed by atoms with E-state index in [9.17, 15) is 5.11 Å². The number of aromatic hydroxyl groups is 1. The number of nitrogens with one attached hydrogen (secondary N) is 2. The molecule has 0 fully saturated rings. The van der Waals surface area contributed by atoms with Gasteiger partial charge in [-0.05, 0) is 30.7 Å². The van der Waals surface area contributed by atoms with Gasteiger partial charge in [0, 0.05) is 23.5 Å². The normalized spacial score (nSPS) is 15.3. The highest BCUT2D eigenvalue weighted by atomic mass is 16.3. The highest BCUT2D eigenvalue weighted by molar-refractivity contribution is 6.20. The minimum Gasteiger partial charge on any atom is -0.492 e. The van der Waals surface area contributed by atoms with Gasteiger partial charge in [0.05, 0.1) is 6.04 Å². The highest BCUT2D eigenvalue weighted by Crippen LogP contribution is 2.31. The van der Waals surface area contributed by atoms with Crippen molar-refractivity contribution in [2.24, 2.45) is 4.99 Å². The van der Waals surface area contributed by atoms with Gasteiger partial charge < -0.3 is 15.4 Å². The number of aromatic nitrogens is 3. The van der Waals surface area contributed by atoms with Crippen molar-refractivity contribution >= 4 is 29.6 Å². The van der Waals surface area contributed by atoms with Crippen molar-refractivity contribution < 1.29 is 5.11 Å². The summed E-state index contributed by atoms with van der Waals surface area (Å²) >= 11 is 0. The number of anilines is 1. The quantitative estimate of drug-likeness (QED) is 0.676. The Morgan fingerprint density at radius 2 is 2.00 bits per heavy atom. The molecule has 0 spiro atoms. The molecule has 0 aliphatic carbocycles. The van der Waals surface area contributed by atoms with Gasteiger partial charge in [-0.15, -0.1) is 0 Å². The zero-order valence-corrected chi connectivity index (χ0v) is 13.6. The van der Waals surface area contributed by atoms with Crippen LogP contribution in [-0.4, -0.2) is 26.3 Å². The Balaban J connectivity index is 1.58. The third-order valence-electron chi connectivity index (χ3n) is 4.09. The van der Waals surface area contributed by atoms with E-state index in [1.165, 1.54) is 0 Å². The molecule has 3 N–H and O–H groups in total. The number of nitrogens with zero attached hydrogens (tertiary/aromatic N) is 3. The van der Waals surface area contributed by atoms with Crippen molar-refractivity contribution in [3.05, 3.63) is 65.5 Å². The predicted molar refractivity (Wildman–Crippen MR) is 99.0 cm³/mol. The molecule has 1 aliphatic heterocycles. The average Bonchev–Trinajstić information content (AvgIpc) is 3.20. The van der Waals surface area contributed by atoms with E-state index in [4.69, 9.17) is 0 Å². The van der Waals surface area contributed by atoms with Gasteiger partial charge in [-0.2, -0.15) is 4.98 Å². The van der Waals surface area contributed by atoms with Crippen LogP contribution in [0.25, 0.3) is 11.6 Å². The Hall–Kier alpha value is -3.41. The standard InChI is InChI=1S/C19H17N5O/c1-12(13-6-3-2-4-7-13)22-19-23-16(18(25)24-19)10-14-11-21-17-15(14)8-5-9-20-17/h2-12,25H,1H3,(H2,22,23,24). The van der Waals surface area contributed by atoms with Gasteiger partial charge in [0.25, 0.3) is 0 Å². The Morgan fingerprint density at radius 3 is 2.84 bits per heavy atom. The van der Waals surface area contributed by atoms with E-state index >= 15 is 0 Å². The number of fused-ring (bicyclic) bond motifs is 1. The summed E-state index contributed by atoms with van der Waals surface area (Å²) in [6, 6.07) is 13.9. The predicted octanol–water partition coefficient (Wildman–Crippen LogP) is 3.94. The molecule has 25 heavy (non-hydrogen) atoms. The lowest BCUT2D eigenvalue weighted by Gasteiger charge is -2.12. The summed E-state index contributed by atoms with van der Waals surface area (Å²) in [5.41, 5.74) is 3.48. The van der Waals surface area contributed by atoms with E-state index in [2.05, 4.69) is 25.3 Å². The summed E-state index contributed by atoms with van der Waals surface area (Å²) in [5, 5.41) is 13.4. The van der Waals surface area contributed by atoms with E-state index < -0.39 is 0 Å². The molecule has 124 valence electrons. The SMILES string of the molecule is CC(Nc1nc(O)c(C=C2C=Nc3ncccc32)[nH]1)c1ccccc1. The lowest BCUT2D eigenvalue weighted by atomic mass is 10.1. The monoisotopic (exact) mass is 331 g/mol. The zero-order chi connectivity index (χ0) is 17.2. The number of hydrogen-bond donors (Lipinski definition) is 3. The van der Waals surface area contributed by atoms with Crippen LogP contribution in [0.5, 0.6) is 5.88 Å². The van der Waals surface area contributed by atoms with Gasteiger partial charge in [-0.1, -0.05) is 30.3 Å². The molecule has 6 heteroatoms. The number of imidazole rings is 1. The summed E-state index contributed by atoms with van der Waals surface area (Å²) < 4.78 is 0. The molecule has 3 aromatic rings. The van der Waals surface area contributed by atoms with Crippen LogP contribution >= 0.6 is 0 Å². The highest BCUT2D eigenvalue weighted by Gasteiger charge is 2.15. The summed E-state index contributed by atoms with van der Waals surface area (Å²) in [4.78, 5) is 15.7. The Labute approximate surface area is 145 Å². The first-order valence-corrected chi connectivity index (χ1v) is 8.02. The lowest BCUT2D eigenvalue weighted by molar-refractivity contribution is 0.455. The molecule has 6 nitrogen and oxygen atoms in total. The largest absolute Gasteiger partial charge is 0.492 e. The number of pyridine rings is 1. The number of aliphatic imine (C=N–C) groups is 1. The third kappa shape index (κ3) is 3.01. The molecule has 1 unspecified atom stereocenters. The van der Waals surface area contributed by atoms with Crippen LogP contribution in [0, 0.1) is 0 Å². The second-order valence-corrected chi connectivity index (χ2v) is 5.83. The van der Waals surface area contributed by atoms with Crippen LogP contribution in [-0.2, 0) is 0 Å². The van der Waals surface area contributed by atoms with Gasteiger partial charge in [-0.3, -0.25) is 0 Å². The number of H-pyrrole nitrogens is 1. The first kappa shape index (κ1) is 15.1. The maximum Gasteiger partial charge on any atom is 0.238 e. The molecule has 3 heterocycles. The third-order valence-corrected chi connectivity index (χ3v) is 4.09. The fraction of sp³-hybridized carbons (Fsp3) is 0.105. The van der Waals surface area contributed by atoms with E-state index in [-0.39, 0.29) is 11.9 Å². The first-order valence-electron chi connectivity index (χ1n) is 8.02. The van der Waals surface area contributed by atoms with Crippen molar-refractivity contribution in [3.8, 4) is 5.88 Å². The fourth-order valence-corrected chi connectivity index (χ4v) is 2.77. The molecule has 2 aromatic heterocycles. The topological polar surface area (TPSA) is 86.2 Å². The van der Waals surface area contributed by atoms with Crippen LogP contribution in [0.15, 0.2) is 53.7 Å². The number of benzene rings is 1. The van der Waals surface area contributed by atoms with Crippen molar-refractivity contribution in [1.29, 1.82) is 0 Å². The van der Waals surface area contributed by atoms with Crippen LogP contribution in [0.3, 0.4) is 0 Å². The smallest absolute Gasteiger partial charge is 0.238 e. The van der Waals surface area contributed by atoms with Crippen molar-refractivity contribution in [2.45, 2.75) is 13.0 Å². The zero-order valence-electron chi connectivity index (χ0n) is 13.6. The van der Waals surface area contributed by atoms with E-state index in [0.717, 1.165) is 16.7 Å². The molecule has 0 saturated heterocycles. The molecular weight excluding hydrogens is 314 g/mol. The van der Waals surface area contributed by atoms with Gasteiger partial charge in [0.1, 0.15) is 5.69 Å². The molecule has 0 bridgehead atoms. The van der Waals surface area contributed by atoms with Crippen LogP contribution in [0.4, 0.5) is 11.8 Å². The summed E-state index contributed by atoms with van der Waals surface area (Å²) in [6.07, 6.45) is 5.26. The van der Waals surface area contributed by atoms with Gasteiger partial charge >= 0.3 is 0 Å². The first-order chi connectivity index (χ1) is 12.2. The van der Waals surface area contributed by atoms with Crippen LogP contribution < -0.4 is 5.32 Å². The van der Waals surface area contributed by atoms with Crippen molar-refractivity contribution in [3.63, 3.8) is 0 Å². The van der Waals surface area contributed by atoms with Crippen LogP contribution in [0.1, 0.15) is 29.8 Å². The average molecular weight is 331 g/mol. The minimum atomic E-state index is -0.0546. The number of hydrogen-bond acceptors (Lipinski definition) is 5. The maximum absolute atomic E-state index is 10.1. The number of allylic oxidation sites excluding steroid dienone is 1. The Kier molecular flexibility index (Phi) is 3.78. The van der Waals surface area contributed by atoms with Gasteiger partial charge in [-0.25, -0.2) is 9.98 Å². The van der Waals surface area contributed by atoms with Crippen molar-refractivity contribution in [1.82, 2.24) is 15.0 Å². The summed E-state index contributed by atoms with van der Waals surface area (Å²) in [6.45, 7) is 2.04. The minimum absolute atomic E-state index is 0.0546. The Bertz CT molecular complexity index is 959. The van der Waals surface area contributed by atoms with Crippen molar-refractivity contribution in [2.75, 3.05) is 5.32 Å². The molecule has 4 rings (SSSR count). The van der Waals surface area contributed by atoms with E-state index in [0.29, 0.717) is 17.5 Å². The number of rotatable bonds is 4. The molecule has 1 aromatic carbocycles. The number of aromatic amines is 1. The molecule has 1 atom stereocenters. The van der Waals surface area contributed by atoms with E-state index in [1.807, 2.05) is 55.5 Å². The second kappa shape index (κ2) is 6.24. The molecule has 0 amide bonds. The second-order valence-electron chi connectivity index (χ2n) is 5.83. The summed E-state index contributed by atoms with van der Waals surface area (Å²) in [7, 11) is 0. The Morgan fingerprint density at radius 1 is 1.16 bits per heavy atom.